The minimum Gasteiger partial charge on any atom is -0.494 e. The van der Waals surface area contributed by atoms with Gasteiger partial charge in [-0.2, -0.15) is 0 Å². The second kappa shape index (κ2) is 6.13. The first-order valence-electron chi connectivity index (χ1n) is 7.55. The number of hydrogen-bond donors (Lipinski definition) is 1. The van der Waals surface area contributed by atoms with Crippen molar-refractivity contribution in [2.24, 2.45) is 17.6 Å². The molecule has 112 valence electrons. The molecule has 0 aliphatic heterocycles. The van der Waals surface area contributed by atoms with Gasteiger partial charge >= 0.3 is 0 Å². The molecule has 2 unspecified atom stereocenters. The molecule has 20 heavy (non-hydrogen) atoms. The van der Waals surface area contributed by atoms with Gasteiger partial charge in [0, 0.05) is 5.54 Å². The third-order valence-corrected chi connectivity index (χ3v) is 4.67. The fourth-order valence-corrected chi connectivity index (χ4v) is 3.40. The van der Waals surface area contributed by atoms with Gasteiger partial charge in [0.1, 0.15) is 0 Å². The van der Waals surface area contributed by atoms with Crippen molar-refractivity contribution in [1.82, 2.24) is 0 Å². The summed E-state index contributed by atoms with van der Waals surface area (Å²) in [6.07, 6.45) is 4.95. The zero-order valence-electron chi connectivity index (χ0n) is 12.8. The van der Waals surface area contributed by atoms with E-state index in [1.165, 1.54) is 13.5 Å². The molecule has 0 amide bonds. The van der Waals surface area contributed by atoms with E-state index in [2.05, 4.69) is 13.8 Å². The third kappa shape index (κ3) is 3.32. The summed E-state index contributed by atoms with van der Waals surface area (Å²) in [5.74, 6) is 1.35. The second-order valence-electron chi connectivity index (χ2n) is 6.57. The van der Waals surface area contributed by atoms with Crippen LogP contribution in [0.3, 0.4) is 0 Å². The number of methoxy groups -OCH3 is 1. The largest absolute Gasteiger partial charge is 0.494 e. The van der Waals surface area contributed by atoms with Crippen molar-refractivity contribution in [3.05, 3.63) is 29.6 Å². The van der Waals surface area contributed by atoms with Crippen molar-refractivity contribution >= 4 is 0 Å². The van der Waals surface area contributed by atoms with Gasteiger partial charge < -0.3 is 10.5 Å². The molecule has 1 aromatic carbocycles. The zero-order chi connectivity index (χ0) is 14.8. The summed E-state index contributed by atoms with van der Waals surface area (Å²) < 4.78 is 19.3. The van der Waals surface area contributed by atoms with E-state index in [1.54, 1.807) is 6.07 Å². The Morgan fingerprint density at radius 3 is 2.85 bits per heavy atom. The Labute approximate surface area is 121 Å². The molecule has 2 N–H and O–H groups in total. The summed E-state index contributed by atoms with van der Waals surface area (Å²) in [4.78, 5) is 0. The minimum absolute atomic E-state index is 0.258. The van der Waals surface area contributed by atoms with Crippen molar-refractivity contribution in [3.8, 4) is 5.75 Å². The van der Waals surface area contributed by atoms with E-state index in [0.717, 1.165) is 19.3 Å². The first-order valence-corrected chi connectivity index (χ1v) is 7.55. The first kappa shape index (κ1) is 15.3. The summed E-state index contributed by atoms with van der Waals surface area (Å²) >= 11 is 0. The van der Waals surface area contributed by atoms with Gasteiger partial charge in [0.05, 0.1) is 7.11 Å². The van der Waals surface area contributed by atoms with Gasteiger partial charge in [0.15, 0.2) is 11.6 Å². The van der Waals surface area contributed by atoms with Crippen LogP contribution in [0.2, 0.25) is 0 Å². The van der Waals surface area contributed by atoms with Crippen molar-refractivity contribution in [3.63, 3.8) is 0 Å². The number of rotatable bonds is 4. The summed E-state index contributed by atoms with van der Waals surface area (Å²) in [6, 6.07) is 5.31. The lowest BCUT2D eigenvalue weighted by Crippen LogP contribution is -2.47. The van der Waals surface area contributed by atoms with E-state index >= 15 is 0 Å². The Kier molecular flexibility index (Phi) is 4.69. The summed E-state index contributed by atoms with van der Waals surface area (Å²) in [6.45, 7) is 4.51. The number of halogens is 1. The topological polar surface area (TPSA) is 35.2 Å². The van der Waals surface area contributed by atoms with Crippen LogP contribution in [0.4, 0.5) is 4.39 Å². The monoisotopic (exact) mass is 279 g/mol. The van der Waals surface area contributed by atoms with Gasteiger partial charge in [0.25, 0.3) is 0 Å². The predicted molar refractivity (Wildman–Crippen MR) is 80.4 cm³/mol. The molecule has 0 saturated heterocycles. The minimum atomic E-state index is -0.277. The summed E-state index contributed by atoms with van der Waals surface area (Å²) in [5, 5.41) is 0. The molecule has 0 heterocycles. The smallest absolute Gasteiger partial charge is 0.168 e. The van der Waals surface area contributed by atoms with Crippen LogP contribution < -0.4 is 10.5 Å². The fraction of sp³-hybridized carbons (Fsp3) is 0.647. The van der Waals surface area contributed by atoms with Crippen LogP contribution in [0, 0.1) is 17.7 Å². The highest BCUT2D eigenvalue weighted by molar-refractivity contribution is 5.32. The van der Waals surface area contributed by atoms with Crippen LogP contribution in [0.5, 0.6) is 5.75 Å². The predicted octanol–water partition coefficient (Wildman–Crippen LogP) is 3.92. The normalized spacial score (nSPS) is 26.8. The third-order valence-electron chi connectivity index (χ3n) is 4.67. The molecular weight excluding hydrogens is 253 g/mol. The van der Waals surface area contributed by atoms with Gasteiger partial charge in [-0.05, 0) is 42.7 Å². The number of hydrogen-bond acceptors (Lipinski definition) is 2. The molecule has 0 spiro atoms. The number of ether oxygens (including phenoxy) is 1. The lowest BCUT2D eigenvalue weighted by molar-refractivity contribution is 0.181. The van der Waals surface area contributed by atoms with E-state index in [1.807, 2.05) is 12.1 Å². The van der Waals surface area contributed by atoms with Crippen molar-refractivity contribution < 1.29 is 9.13 Å². The molecule has 0 aromatic heterocycles. The van der Waals surface area contributed by atoms with Gasteiger partial charge in [-0.1, -0.05) is 38.8 Å². The maximum Gasteiger partial charge on any atom is 0.168 e. The molecule has 1 saturated carbocycles. The number of nitrogens with two attached hydrogens (primary N) is 1. The molecule has 3 heteroatoms. The van der Waals surface area contributed by atoms with Gasteiger partial charge in [-0.25, -0.2) is 4.39 Å². The lowest BCUT2D eigenvalue weighted by atomic mass is 9.70. The van der Waals surface area contributed by atoms with E-state index in [9.17, 15) is 4.39 Å². The highest BCUT2D eigenvalue weighted by Gasteiger charge is 2.34. The quantitative estimate of drug-likeness (QED) is 0.906. The van der Waals surface area contributed by atoms with Crippen molar-refractivity contribution in [2.75, 3.05) is 7.11 Å². The van der Waals surface area contributed by atoms with Crippen LogP contribution >= 0.6 is 0 Å². The second-order valence-corrected chi connectivity index (χ2v) is 6.57. The standard InChI is InChI=1S/C17H26FNO/c1-12(2)13-7-5-9-17(19,10-13)11-14-6-4-8-15(20-3)16(14)18/h4,6,8,12-13H,5,7,9-11,19H2,1-3H3. The molecule has 1 fully saturated rings. The summed E-state index contributed by atoms with van der Waals surface area (Å²) in [7, 11) is 1.50. The van der Waals surface area contributed by atoms with Gasteiger partial charge in [-0.3, -0.25) is 0 Å². The SMILES string of the molecule is COc1cccc(CC2(N)CCCC(C(C)C)C2)c1F. The lowest BCUT2D eigenvalue weighted by Gasteiger charge is -2.40. The molecule has 1 aliphatic carbocycles. The highest BCUT2D eigenvalue weighted by Crippen LogP contribution is 2.37. The first-order chi connectivity index (χ1) is 9.45. The molecule has 1 aliphatic rings. The van der Waals surface area contributed by atoms with Gasteiger partial charge in [-0.15, -0.1) is 0 Å². The Morgan fingerprint density at radius 1 is 1.45 bits per heavy atom. The van der Waals surface area contributed by atoms with Crippen LogP contribution in [0.1, 0.15) is 45.1 Å². The highest BCUT2D eigenvalue weighted by atomic mass is 19.1. The van der Waals surface area contributed by atoms with Crippen molar-refractivity contribution in [2.45, 2.75) is 51.5 Å². The van der Waals surface area contributed by atoms with E-state index in [4.69, 9.17) is 10.5 Å². The molecule has 2 rings (SSSR count). The average Bonchev–Trinajstić information content (AvgIpc) is 2.41. The molecule has 1 aromatic rings. The Morgan fingerprint density at radius 2 is 2.20 bits per heavy atom. The van der Waals surface area contributed by atoms with E-state index in [0.29, 0.717) is 29.6 Å². The maximum absolute atomic E-state index is 14.3. The molecule has 0 radical (unpaired) electrons. The Bertz CT molecular complexity index is 460. The molecule has 0 bridgehead atoms. The number of benzene rings is 1. The van der Waals surface area contributed by atoms with Gasteiger partial charge in [0.2, 0.25) is 0 Å². The van der Waals surface area contributed by atoms with Crippen LogP contribution in [0.25, 0.3) is 0 Å². The Hall–Kier alpha value is -1.09. The van der Waals surface area contributed by atoms with Crippen LogP contribution in [-0.2, 0) is 6.42 Å². The van der Waals surface area contributed by atoms with Crippen molar-refractivity contribution in [1.29, 1.82) is 0 Å². The molecular formula is C17H26FNO. The van der Waals surface area contributed by atoms with E-state index in [-0.39, 0.29) is 11.4 Å². The van der Waals surface area contributed by atoms with Crippen LogP contribution in [-0.4, -0.2) is 12.6 Å². The van der Waals surface area contributed by atoms with E-state index < -0.39 is 0 Å². The summed E-state index contributed by atoms with van der Waals surface area (Å²) in [5.41, 5.74) is 6.97. The van der Waals surface area contributed by atoms with Crippen LogP contribution in [0.15, 0.2) is 18.2 Å². The maximum atomic E-state index is 14.3. The fourth-order valence-electron chi connectivity index (χ4n) is 3.40. The molecule has 2 atom stereocenters. The molecule has 2 nitrogen and oxygen atoms in total. The average molecular weight is 279 g/mol. The Balaban J connectivity index is 2.16. The zero-order valence-corrected chi connectivity index (χ0v) is 12.8.